The zero-order chi connectivity index (χ0) is 17.7. The van der Waals surface area contributed by atoms with E-state index in [2.05, 4.69) is 15.5 Å². The van der Waals surface area contributed by atoms with E-state index in [1.54, 1.807) is 0 Å². The number of nitrogens with one attached hydrogen (secondary N) is 2. The molecule has 0 spiro atoms. The van der Waals surface area contributed by atoms with Gasteiger partial charge in [-0.25, -0.2) is 0 Å². The maximum absolute atomic E-state index is 12.1. The van der Waals surface area contributed by atoms with Crippen LogP contribution in [0.15, 0.2) is 18.3 Å². The molecule has 0 aliphatic carbocycles. The number of carbonyl (C=O) groups is 2. The summed E-state index contributed by atoms with van der Waals surface area (Å²) in [7, 11) is 1.98. The minimum atomic E-state index is -0.602. The van der Waals surface area contributed by atoms with Crippen LogP contribution >= 0.6 is 0 Å². The zero-order valence-electron chi connectivity index (χ0n) is 15.0. The Hall–Kier alpha value is -1.86. The molecule has 0 radical (unpaired) electrons. The number of carbonyl (C=O) groups excluding carboxylic acids is 2. The summed E-state index contributed by atoms with van der Waals surface area (Å²) in [6.07, 6.45) is 1.98. The monoisotopic (exact) mass is 336 g/mol. The molecule has 0 saturated carbocycles. The second kappa shape index (κ2) is 7.81. The molecular formula is C17H28N4O3. The van der Waals surface area contributed by atoms with Gasteiger partial charge < -0.3 is 19.9 Å². The number of aryl methyl sites for hydroxylation is 1. The largest absolute Gasteiger partial charge is 0.379 e. The minimum Gasteiger partial charge on any atom is -0.379 e. The first-order valence-electron chi connectivity index (χ1n) is 8.31. The molecule has 1 atom stereocenters. The van der Waals surface area contributed by atoms with Gasteiger partial charge in [-0.2, -0.15) is 0 Å². The highest BCUT2D eigenvalue weighted by molar-refractivity contribution is 6.35. The van der Waals surface area contributed by atoms with Crippen LogP contribution in [-0.2, 0) is 21.4 Å². The van der Waals surface area contributed by atoms with Gasteiger partial charge in [-0.05, 0) is 32.9 Å². The lowest BCUT2D eigenvalue weighted by molar-refractivity contribution is -0.140. The van der Waals surface area contributed by atoms with Crippen molar-refractivity contribution in [3.63, 3.8) is 0 Å². The van der Waals surface area contributed by atoms with Crippen molar-refractivity contribution < 1.29 is 14.3 Å². The highest BCUT2D eigenvalue weighted by atomic mass is 16.5. The van der Waals surface area contributed by atoms with Crippen molar-refractivity contribution in [3.05, 3.63) is 24.0 Å². The van der Waals surface area contributed by atoms with Crippen molar-refractivity contribution in [2.75, 3.05) is 32.8 Å². The van der Waals surface area contributed by atoms with Gasteiger partial charge in [-0.15, -0.1) is 0 Å². The normalized spacial score (nSPS) is 17.3. The maximum Gasteiger partial charge on any atom is 0.309 e. The van der Waals surface area contributed by atoms with E-state index in [9.17, 15) is 9.59 Å². The lowest BCUT2D eigenvalue weighted by Crippen LogP contribution is -2.50. The Kier molecular flexibility index (Phi) is 6.01. The second-order valence-corrected chi connectivity index (χ2v) is 7.12. The first-order valence-corrected chi connectivity index (χ1v) is 8.31. The van der Waals surface area contributed by atoms with Crippen LogP contribution in [0.1, 0.15) is 32.5 Å². The van der Waals surface area contributed by atoms with E-state index in [1.165, 1.54) is 0 Å². The van der Waals surface area contributed by atoms with Gasteiger partial charge in [0.15, 0.2) is 0 Å². The molecule has 1 saturated heterocycles. The summed E-state index contributed by atoms with van der Waals surface area (Å²) in [6, 6.07) is 4.04. The first-order chi connectivity index (χ1) is 11.3. The van der Waals surface area contributed by atoms with Gasteiger partial charge in [0.25, 0.3) is 0 Å². The van der Waals surface area contributed by atoms with Gasteiger partial charge in [-0.3, -0.25) is 14.5 Å². The van der Waals surface area contributed by atoms with Crippen molar-refractivity contribution in [1.29, 1.82) is 0 Å². The second-order valence-electron chi connectivity index (χ2n) is 7.12. The number of rotatable bonds is 4. The third-order valence-electron chi connectivity index (χ3n) is 3.96. The number of morpholine rings is 1. The van der Waals surface area contributed by atoms with Crippen molar-refractivity contribution in [3.8, 4) is 0 Å². The van der Waals surface area contributed by atoms with Crippen LogP contribution in [0.2, 0.25) is 0 Å². The zero-order valence-corrected chi connectivity index (χ0v) is 15.0. The summed E-state index contributed by atoms with van der Waals surface area (Å²) in [6.45, 7) is 8.89. The van der Waals surface area contributed by atoms with E-state index in [0.29, 0.717) is 19.8 Å². The fraction of sp³-hybridized carbons (Fsp3) is 0.647. The summed E-state index contributed by atoms with van der Waals surface area (Å²) in [4.78, 5) is 26.3. The van der Waals surface area contributed by atoms with E-state index >= 15 is 0 Å². The summed E-state index contributed by atoms with van der Waals surface area (Å²) in [5.41, 5.74) is 0.671. The van der Waals surface area contributed by atoms with Crippen molar-refractivity contribution in [1.82, 2.24) is 20.1 Å². The van der Waals surface area contributed by atoms with Crippen LogP contribution in [0, 0.1) is 0 Å². The van der Waals surface area contributed by atoms with E-state index < -0.39 is 17.4 Å². The summed E-state index contributed by atoms with van der Waals surface area (Å²) >= 11 is 0. The SMILES string of the molecule is Cn1cccc1[C@@H](CNC(=O)C(=O)NC(C)(C)C)N1CCOCC1. The smallest absolute Gasteiger partial charge is 0.309 e. The maximum atomic E-state index is 12.1. The number of aromatic nitrogens is 1. The van der Waals surface area contributed by atoms with E-state index in [4.69, 9.17) is 4.74 Å². The van der Waals surface area contributed by atoms with Crippen LogP contribution in [0.4, 0.5) is 0 Å². The lowest BCUT2D eigenvalue weighted by atomic mass is 10.1. The molecule has 2 N–H and O–H groups in total. The predicted octanol–water partition coefficient (Wildman–Crippen LogP) is 0.429. The Morgan fingerprint density at radius 1 is 1.25 bits per heavy atom. The van der Waals surface area contributed by atoms with E-state index in [1.807, 2.05) is 50.7 Å². The molecule has 134 valence electrons. The Morgan fingerprint density at radius 3 is 2.46 bits per heavy atom. The van der Waals surface area contributed by atoms with E-state index in [-0.39, 0.29) is 6.04 Å². The molecule has 2 amide bonds. The average Bonchev–Trinajstić information content (AvgIpc) is 2.93. The average molecular weight is 336 g/mol. The topological polar surface area (TPSA) is 75.6 Å². The predicted molar refractivity (Wildman–Crippen MR) is 91.5 cm³/mol. The molecule has 0 aromatic carbocycles. The molecule has 24 heavy (non-hydrogen) atoms. The van der Waals surface area contributed by atoms with Gasteiger partial charge in [0, 0.05) is 44.1 Å². The van der Waals surface area contributed by atoms with Crippen LogP contribution in [-0.4, -0.2) is 59.7 Å². The molecule has 1 aromatic rings. The summed E-state index contributed by atoms with van der Waals surface area (Å²) < 4.78 is 7.46. The summed E-state index contributed by atoms with van der Waals surface area (Å²) in [5.74, 6) is -1.20. The molecular weight excluding hydrogens is 308 g/mol. The highest BCUT2D eigenvalue weighted by Crippen LogP contribution is 2.21. The Bertz CT molecular complexity index is 571. The number of hydrogen-bond donors (Lipinski definition) is 2. The summed E-state index contributed by atoms with van der Waals surface area (Å²) in [5, 5.41) is 5.45. The molecule has 0 unspecified atom stereocenters. The molecule has 7 nitrogen and oxygen atoms in total. The number of nitrogens with zero attached hydrogens (tertiary/aromatic N) is 2. The number of hydrogen-bond acceptors (Lipinski definition) is 4. The van der Waals surface area contributed by atoms with Gasteiger partial charge in [-0.1, -0.05) is 0 Å². The third kappa shape index (κ3) is 5.07. The van der Waals surface area contributed by atoms with Crippen molar-refractivity contribution in [2.24, 2.45) is 7.05 Å². The lowest BCUT2D eigenvalue weighted by Gasteiger charge is -2.35. The highest BCUT2D eigenvalue weighted by Gasteiger charge is 2.26. The molecule has 2 heterocycles. The molecule has 1 aromatic heterocycles. The standard InChI is InChI=1S/C17H28N4O3/c1-17(2,3)19-16(23)15(22)18-12-14(13-6-5-7-20(13)4)21-8-10-24-11-9-21/h5-7,14H,8-12H2,1-4H3,(H,18,22)(H,19,23)/t14-/m1/s1. The molecule has 0 bridgehead atoms. The van der Waals surface area contributed by atoms with Gasteiger partial charge >= 0.3 is 11.8 Å². The third-order valence-corrected chi connectivity index (χ3v) is 3.96. The fourth-order valence-corrected chi connectivity index (χ4v) is 2.80. The Morgan fingerprint density at radius 2 is 1.92 bits per heavy atom. The minimum absolute atomic E-state index is 0.0142. The molecule has 2 rings (SSSR count). The number of ether oxygens (including phenoxy) is 1. The van der Waals surface area contributed by atoms with Crippen LogP contribution < -0.4 is 10.6 Å². The molecule has 1 aliphatic heterocycles. The Balaban J connectivity index is 2.02. The van der Waals surface area contributed by atoms with Crippen molar-refractivity contribution >= 4 is 11.8 Å². The fourth-order valence-electron chi connectivity index (χ4n) is 2.80. The quantitative estimate of drug-likeness (QED) is 0.782. The van der Waals surface area contributed by atoms with Gasteiger partial charge in [0.1, 0.15) is 0 Å². The van der Waals surface area contributed by atoms with Gasteiger partial charge in [0.2, 0.25) is 0 Å². The first kappa shape index (κ1) is 18.5. The molecule has 1 aliphatic rings. The van der Waals surface area contributed by atoms with E-state index in [0.717, 1.165) is 18.8 Å². The van der Waals surface area contributed by atoms with Crippen LogP contribution in [0.25, 0.3) is 0 Å². The van der Waals surface area contributed by atoms with Crippen LogP contribution in [0.3, 0.4) is 0 Å². The molecule has 7 heteroatoms. The Labute approximate surface area is 143 Å². The number of amides is 2. The van der Waals surface area contributed by atoms with Crippen molar-refractivity contribution in [2.45, 2.75) is 32.4 Å². The van der Waals surface area contributed by atoms with Gasteiger partial charge in [0.05, 0.1) is 19.3 Å². The molecule has 1 fully saturated rings. The van der Waals surface area contributed by atoms with Crippen LogP contribution in [0.5, 0.6) is 0 Å².